The molecule has 1 aromatic carbocycles. The second kappa shape index (κ2) is 7.36. The second-order valence-corrected chi connectivity index (χ2v) is 3.40. The number of nitrogens with one attached hydrogen (secondary N) is 1. The van der Waals surface area contributed by atoms with Crippen molar-refractivity contribution in [2.24, 2.45) is 0 Å². The maximum Gasteiger partial charge on any atom is 0.270 e. The molecule has 0 aromatic heterocycles. The van der Waals surface area contributed by atoms with E-state index in [0.29, 0.717) is 0 Å². The number of nitro groups is 1. The highest BCUT2D eigenvalue weighted by atomic mass is 16.6. The predicted molar refractivity (Wildman–Crippen MR) is 63.3 cm³/mol. The number of non-ortho nitro benzene ring substituents is 1. The first-order valence-corrected chi connectivity index (χ1v) is 5.36. The Balaban J connectivity index is 2.46. The second-order valence-electron chi connectivity index (χ2n) is 3.40. The Bertz CT molecular complexity index is 422. The Morgan fingerprint density at radius 3 is 2.89 bits per heavy atom. The van der Waals surface area contributed by atoms with Gasteiger partial charge in [0.05, 0.1) is 24.7 Å². The van der Waals surface area contributed by atoms with Crippen molar-refractivity contribution in [2.45, 2.75) is 0 Å². The minimum Gasteiger partial charge on any atom is -0.394 e. The van der Waals surface area contributed by atoms with Crippen LogP contribution in [0.4, 0.5) is 5.69 Å². The highest BCUT2D eigenvalue weighted by Gasteiger charge is 2.10. The third kappa shape index (κ3) is 4.48. The number of nitro benzene ring substituents is 1. The topological polar surface area (TPSA) is 102 Å². The van der Waals surface area contributed by atoms with Gasteiger partial charge in [-0.05, 0) is 6.07 Å². The van der Waals surface area contributed by atoms with Crippen LogP contribution in [0.2, 0.25) is 0 Å². The van der Waals surface area contributed by atoms with Crippen molar-refractivity contribution >= 4 is 11.6 Å². The van der Waals surface area contributed by atoms with Crippen LogP contribution in [0.1, 0.15) is 10.4 Å². The zero-order valence-electron chi connectivity index (χ0n) is 9.67. The van der Waals surface area contributed by atoms with Gasteiger partial charge in [-0.15, -0.1) is 0 Å². The summed E-state index contributed by atoms with van der Waals surface area (Å²) in [5.41, 5.74) is 0.102. The van der Waals surface area contributed by atoms with E-state index in [1.165, 1.54) is 24.3 Å². The number of ether oxygens (including phenoxy) is 1. The summed E-state index contributed by atoms with van der Waals surface area (Å²) in [6.07, 6.45) is 0. The molecule has 0 spiro atoms. The van der Waals surface area contributed by atoms with E-state index in [2.05, 4.69) is 5.32 Å². The average molecular weight is 254 g/mol. The fourth-order valence-electron chi connectivity index (χ4n) is 1.27. The molecule has 7 nitrogen and oxygen atoms in total. The third-order valence-corrected chi connectivity index (χ3v) is 2.09. The molecule has 18 heavy (non-hydrogen) atoms. The lowest BCUT2D eigenvalue weighted by Gasteiger charge is -2.05. The molecule has 1 rings (SSSR count). The number of hydrogen-bond acceptors (Lipinski definition) is 5. The van der Waals surface area contributed by atoms with Gasteiger partial charge in [-0.1, -0.05) is 6.07 Å². The first-order chi connectivity index (χ1) is 8.65. The van der Waals surface area contributed by atoms with Crippen LogP contribution in [-0.2, 0) is 4.74 Å². The molecule has 0 unspecified atom stereocenters. The summed E-state index contributed by atoms with van der Waals surface area (Å²) < 4.78 is 4.96. The van der Waals surface area contributed by atoms with Gasteiger partial charge < -0.3 is 15.2 Å². The van der Waals surface area contributed by atoms with Gasteiger partial charge in [0.2, 0.25) is 0 Å². The first kappa shape index (κ1) is 14.1. The van der Waals surface area contributed by atoms with Gasteiger partial charge in [0, 0.05) is 24.2 Å². The Kier molecular flexibility index (Phi) is 5.75. The molecule has 98 valence electrons. The predicted octanol–water partition coefficient (Wildman–Crippen LogP) is 0.333. The van der Waals surface area contributed by atoms with Crippen molar-refractivity contribution in [2.75, 3.05) is 26.4 Å². The van der Waals surface area contributed by atoms with Crippen LogP contribution in [-0.4, -0.2) is 42.3 Å². The number of hydrogen-bond donors (Lipinski definition) is 2. The standard InChI is InChI=1S/C11H14N2O5/c14-5-7-18-6-4-12-11(15)9-2-1-3-10(8-9)13(16)17/h1-3,8,14H,4-7H2,(H,12,15). The molecule has 7 heteroatoms. The lowest BCUT2D eigenvalue weighted by molar-refractivity contribution is -0.384. The first-order valence-electron chi connectivity index (χ1n) is 5.36. The molecule has 1 aromatic rings. The van der Waals surface area contributed by atoms with E-state index < -0.39 is 10.8 Å². The lowest BCUT2D eigenvalue weighted by atomic mass is 10.2. The van der Waals surface area contributed by atoms with Crippen LogP contribution in [0.25, 0.3) is 0 Å². The van der Waals surface area contributed by atoms with Gasteiger partial charge in [-0.3, -0.25) is 14.9 Å². The van der Waals surface area contributed by atoms with Crippen molar-refractivity contribution in [1.82, 2.24) is 5.32 Å². The third-order valence-electron chi connectivity index (χ3n) is 2.09. The Morgan fingerprint density at radius 1 is 1.44 bits per heavy atom. The molecule has 0 atom stereocenters. The summed E-state index contributed by atoms with van der Waals surface area (Å²) in [4.78, 5) is 21.6. The number of rotatable bonds is 7. The van der Waals surface area contributed by atoms with Crippen molar-refractivity contribution < 1.29 is 19.6 Å². The van der Waals surface area contributed by atoms with E-state index in [4.69, 9.17) is 9.84 Å². The van der Waals surface area contributed by atoms with Crippen LogP contribution in [0.15, 0.2) is 24.3 Å². The van der Waals surface area contributed by atoms with Crippen LogP contribution in [0, 0.1) is 10.1 Å². The van der Waals surface area contributed by atoms with E-state index in [0.717, 1.165) is 0 Å². The number of benzene rings is 1. The number of carbonyl (C=O) groups is 1. The summed E-state index contributed by atoms with van der Waals surface area (Å²) in [5.74, 6) is -0.397. The minimum atomic E-state index is -0.554. The van der Waals surface area contributed by atoms with Gasteiger partial charge in [0.15, 0.2) is 0 Å². The molecule has 0 aliphatic heterocycles. The number of aliphatic hydroxyl groups excluding tert-OH is 1. The van der Waals surface area contributed by atoms with E-state index in [1.54, 1.807) is 0 Å². The maximum atomic E-state index is 11.6. The van der Waals surface area contributed by atoms with Gasteiger partial charge >= 0.3 is 0 Å². The largest absolute Gasteiger partial charge is 0.394 e. The summed E-state index contributed by atoms with van der Waals surface area (Å²) >= 11 is 0. The van der Waals surface area contributed by atoms with Crippen molar-refractivity contribution in [3.05, 3.63) is 39.9 Å². The van der Waals surface area contributed by atoms with E-state index in [-0.39, 0.29) is 37.6 Å². The maximum absolute atomic E-state index is 11.6. The number of aliphatic hydroxyl groups is 1. The SMILES string of the molecule is O=C(NCCOCCO)c1cccc([N+](=O)[O-])c1. The minimum absolute atomic E-state index is 0.0706. The Morgan fingerprint density at radius 2 is 2.22 bits per heavy atom. The Labute approximate surface area is 104 Å². The molecule has 0 saturated heterocycles. The fraction of sp³-hybridized carbons (Fsp3) is 0.364. The number of carbonyl (C=O) groups excluding carboxylic acids is 1. The quantitative estimate of drug-likeness (QED) is 0.415. The van der Waals surface area contributed by atoms with E-state index in [1.807, 2.05) is 0 Å². The molecular formula is C11H14N2O5. The fourth-order valence-corrected chi connectivity index (χ4v) is 1.27. The van der Waals surface area contributed by atoms with Gasteiger partial charge in [-0.2, -0.15) is 0 Å². The normalized spacial score (nSPS) is 10.1. The Hall–Kier alpha value is -1.99. The molecule has 0 fully saturated rings. The van der Waals surface area contributed by atoms with Crippen LogP contribution in [0.3, 0.4) is 0 Å². The molecule has 0 aliphatic carbocycles. The van der Waals surface area contributed by atoms with E-state index >= 15 is 0 Å². The van der Waals surface area contributed by atoms with Crippen LogP contribution < -0.4 is 5.32 Å². The lowest BCUT2D eigenvalue weighted by Crippen LogP contribution is -2.27. The number of nitrogens with zero attached hydrogens (tertiary/aromatic N) is 1. The summed E-state index contributed by atoms with van der Waals surface area (Å²) in [6.45, 7) is 0.703. The molecule has 0 aliphatic rings. The van der Waals surface area contributed by atoms with Crippen molar-refractivity contribution in [3.63, 3.8) is 0 Å². The highest BCUT2D eigenvalue weighted by molar-refractivity contribution is 5.94. The smallest absolute Gasteiger partial charge is 0.270 e. The zero-order chi connectivity index (χ0) is 13.4. The van der Waals surface area contributed by atoms with E-state index in [9.17, 15) is 14.9 Å². The van der Waals surface area contributed by atoms with Gasteiger partial charge in [0.1, 0.15) is 0 Å². The molecule has 1 amide bonds. The zero-order valence-corrected chi connectivity index (χ0v) is 9.67. The summed E-state index contributed by atoms with van der Waals surface area (Å²) in [5, 5.41) is 21.6. The highest BCUT2D eigenvalue weighted by Crippen LogP contribution is 2.12. The molecule has 0 saturated carbocycles. The van der Waals surface area contributed by atoms with Crippen LogP contribution >= 0.6 is 0 Å². The van der Waals surface area contributed by atoms with Crippen molar-refractivity contribution in [3.8, 4) is 0 Å². The molecule has 0 heterocycles. The average Bonchev–Trinajstić information content (AvgIpc) is 2.38. The summed E-state index contributed by atoms with van der Waals surface area (Å²) in [6, 6.07) is 5.48. The van der Waals surface area contributed by atoms with Crippen LogP contribution in [0.5, 0.6) is 0 Å². The summed E-state index contributed by atoms with van der Waals surface area (Å²) in [7, 11) is 0. The molecule has 0 bridgehead atoms. The molecule has 0 radical (unpaired) electrons. The van der Waals surface area contributed by atoms with Gasteiger partial charge in [-0.25, -0.2) is 0 Å². The number of amides is 1. The van der Waals surface area contributed by atoms with Crippen molar-refractivity contribution in [1.29, 1.82) is 0 Å². The monoisotopic (exact) mass is 254 g/mol. The molecule has 2 N–H and O–H groups in total. The van der Waals surface area contributed by atoms with Gasteiger partial charge in [0.25, 0.3) is 11.6 Å². The molecular weight excluding hydrogens is 240 g/mol.